The Bertz CT molecular complexity index is 502. The molecular weight excluding hydrogens is 326 g/mol. The summed E-state index contributed by atoms with van der Waals surface area (Å²) in [6.45, 7) is 4.06. The molecule has 3 N–H and O–H groups in total. The first-order chi connectivity index (χ1) is 9.33. The van der Waals surface area contributed by atoms with E-state index in [9.17, 15) is 4.79 Å². The van der Waals surface area contributed by atoms with Gasteiger partial charge in [-0.2, -0.15) is 0 Å². The number of methoxy groups -OCH3 is 2. The molecule has 0 saturated carbocycles. The highest BCUT2D eigenvalue weighted by Gasteiger charge is 2.24. The Balaban J connectivity index is 3.46. The number of carboxylic acids is 1. The van der Waals surface area contributed by atoms with Crippen LogP contribution in [0.15, 0.2) is 10.5 Å². The van der Waals surface area contributed by atoms with Gasteiger partial charge in [0.15, 0.2) is 0 Å². The number of nitrogens with two attached hydrogens (primary N) is 1. The second-order valence-electron chi connectivity index (χ2n) is 4.79. The highest BCUT2D eigenvalue weighted by atomic mass is 79.9. The van der Waals surface area contributed by atoms with E-state index in [4.69, 9.17) is 20.3 Å². The highest BCUT2D eigenvalue weighted by Crippen LogP contribution is 2.44. The summed E-state index contributed by atoms with van der Waals surface area (Å²) >= 11 is 3.45. The third-order valence-electron chi connectivity index (χ3n) is 3.06. The van der Waals surface area contributed by atoms with Crippen LogP contribution < -0.4 is 15.2 Å². The quantitative estimate of drug-likeness (QED) is 0.827. The Kier molecular flexibility index (Phi) is 5.83. The van der Waals surface area contributed by atoms with Gasteiger partial charge in [-0.25, -0.2) is 0 Å². The van der Waals surface area contributed by atoms with E-state index >= 15 is 0 Å². The zero-order valence-corrected chi connectivity index (χ0v) is 13.7. The maximum atomic E-state index is 10.9. The molecule has 0 heterocycles. The third kappa shape index (κ3) is 3.43. The molecule has 0 fully saturated rings. The Labute approximate surface area is 127 Å². The van der Waals surface area contributed by atoms with Crippen molar-refractivity contribution in [1.29, 1.82) is 0 Å². The number of carboxylic acid groups (broad SMARTS) is 1. The van der Waals surface area contributed by atoms with Crippen LogP contribution in [0.5, 0.6) is 11.5 Å². The minimum absolute atomic E-state index is 0.160. The summed E-state index contributed by atoms with van der Waals surface area (Å²) < 4.78 is 11.4. The molecular formula is C14H20BrNO4. The molecule has 0 radical (unpaired) electrons. The first-order valence-corrected chi connectivity index (χ1v) is 7.04. The van der Waals surface area contributed by atoms with Crippen molar-refractivity contribution in [2.75, 3.05) is 14.2 Å². The minimum atomic E-state index is -0.947. The molecule has 0 saturated heterocycles. The van der Waals surface area contributed by atoms with Crippen LogP contribution in [-0.2, 0) is 4.79 Å². The van der Waals surface area contributed by atoms with Crippen molar-refractivity contribution < 1.29 is 19.4 Å². The number of carbonyl (C=O) groups is 1. The number of halogens is 1. The summed E-state index contributed by atoms with van der Waals surface area (Å²) in [6, 6.07) is 1.22. The van der Waals surface area contributed by atoms with Crippen LogP contribution in [0, 0.1) is 0 Å². The number of hydrogen-bond acceptors (Lipinski definition) is 4. The summed E-state index contributed by atoms with van der Waals surface area (Å²) in [5.74, 6) is 0.462. The van der Waals surface area contributed by atoms with Gasteiger partial charge >= 0.3 is 5.97 Å². The van der Waals surface area contributed by atoms with Gasteiger partial charge in [0.1, 0.15) is 16.0 Å². The monoisotopic (exact) mass is 345 g/mol. The molecule has 0 aliphatic carbocycles. The van der Waals surface area contributed by atoms with E-state index in [1.54, 1.807) is 7.11 Å². The zero-order valence-electron chi connectivity index (χ0n) is 12.1. The number of aliphatic carboxylic acids is 1. The van der Waals surface area contributed by atoms with E-state index in [-0.39, 0.29) is 12.3 Å². The zero-order chi connectivity index (χ0) is 15.4. The number of hydrogen-bond donors (Lipinski definition) is 2. The first kappa shape index (κ1) is 16.8. The van der Waals surface area contributed by atoms with Crippen molar-refractivity contribution in [3.05, 3.63) is 21.7 Å². The SMILES string of the molecule is COc1c(C(C)C)cc(C(N)CC(=O)O)c(OC)c1Br. The van der Waals surface area contributed by atoms with E-state index in [1.165, 1.54) is 7.11 Å². The molecule has 0 spiro atoms. The molecule has 6 heteroatoms. The fraction of sp³-hybridized carbons (Fsp3) is 0.500. The molecule has 0 bridgehead atoms. The van der Waals surface area contributed by atoms with E-state index in [0.717, 1.165) is 5.56 Å². The van der Waals surface area contributed by atoms with Crippen LogP contribution in [0.25, 0.3) is 0 Å². The average Bonchev–Trinajstić information content (AvgIpc) is 2.36. The Morgan fingerprint density at radius 3 is 2.20 bits per heavy atom. The molecule has 112 valence electrons. The standard InChI is InChI=1S/C14H20BrNO4/c1-7(2)8-5-9(10(16)6-11(17)18)14(20-4)12(15)13(8)19-3/h5,7,10H,6,16H2,1-4H3,(H,17,18). The first-order valence-electron chi connectivity index (χ1n) is 6.25. The van der Waals surface area contributed by atoms with Crippen LogP contribution in [-0.4, -0.2) is 25.3 Å². The molecule has 0 aliphatic heterocycles. The van der Waals surface area contributed by atoms with Crippen LogP contribution in [0.4, 0.5) is 0 Å². The maximum absolute atomic E-state index is 10.9. The molecule has 1 aromatic carbocycles. The van der Waals surface area contributed by atoms with Gasteiger partial charge in [-0.15, -0.1) is 0 Å². The summed E-state index contributed by atoms with van der Waals surface area (Å²) in [7, 11) is 3.10. The van der Waals surface area contributed by atoms with Crippen LogP contribution in [0.3, 0.4) is 0 Å². The second-order valence-corrected chi connectivity index (χ2v) is 5.59. The fourth-order valence-electron chi connectivity index (χ4n) is 2.07. The van der Waals surface area contributed by atoms with Crippen molar-refractivity contribution in [3.63, 3.8) is 0 Å². The van der Waals surface area contributed by atoms with Crippen molar-refractivity contribution in [1.82, 2.24) is 0 Å². The van der Waals surface area contributed by atoms with E-state index in [0.29, 0.717) is 21.5 Å². The van der Waals surface area contributed by atoms with Crippen molar-refractivity contribution in [2.24, 2.45) is 5.73 Å². The Morgan fingerprint density at radius 2 is 1.80 bits per heavy atom. The fourth-order valence-corrected chi connectivity index (χ4v) is 2.85. The predicted octanol–water partition coefficient (Wildman–Crippen LogP) is 3.06. The summed E-state index contributed by atoms with van der Waals surface area (Å²) in [5, 5.41) is 8.90. The lowest BCUT2D eigenvalue weighted by molar-refractivity contribution is -0.137. The van der Waals surface area contributed by atoms with E-state index in [2.05, 4.69) is 15.9 Å². The lowest BCUT2D eigenvalue weighted by Crippen LogP contribution is -2.17. The van der Waals surface area contributed by atoms with Crippen LogP contribution in [0.2, 0.25) is 0 Å². The van der Waals surface area contributed by atoms with Crippen LogP contribution in [0.1, 0.15) is 43.4 Å². The topological polar surface area (TPSA) is 81.8 Å². The molecule has 1 atom stereocenters. The molecule has 1 unspecified atom stereocenters. The Hall–Kier alpha value is -1.27. The molecule has 0 aromatic heterocycles. The lowest BCUT2D eigenvalue weighted by atomic mass is 9.94. The van der Waals surface area contributed by atoms with Crippen LogP contribution >= 0.6 is 15.9 Å². The predicted molar refractivity (Wildman–Crippen MR) is 80.5 cm³/mol. The van der Waals surface area contributed by atoms with Gasteiger partial charge in [0, 0.05) is 11.6 Å². The van der Waals surface area contributed by atoms with Gasteiger partial charge < -0.3 is 20.3 Å². The number of benzene rings is 1. The van der Waals surface area contributed by atoms with Crippen molar-refractivity contribution in [3.8, 4) is 11.5 Å². The second kappa shape index (κ2) is 6.95. The molecule has 5 nitrogen and oxygen atoms in total. The summed E-state index contributed by atoms with van der Waals surface area (Å²) in [4.78, 5) is 10.9. The summed E-state index contributed by atoms with van der Waals surface area (Å²) in [6.07, 6.45) is -0.160. The van der Waals surface area contributed by atoms with Gasteiger partial charge in [-0.1, -0.05) is 13.8 Å². The smallest absolute Gasteiger partial charge is 0.305 e. The van der Waals surface area contributed by atoms with Gasteiger partial charge in [0.2, 0.25) is 0 Å². The molecule has 1 aromatic rings. The summed E-state index contributed by atoms with van der Waals surface area (Å²) in [5.41, 5.74) is 7.59. The number of rotatable bonds is 6. The minimum Gasteiger partial charge on any atom is -0.495 e. The molecule has 1 rings (SSSR count). The Morgan fingerprint density at radius 1 is 1.30 bits per heavy atom. The average molecular weight is 346 g/mol. The van der Waals surface area contributed by atoms with Gasteiger partial charge in [0.05, 0.1) is 20.6 Å². The van der Waals surface area contributed by atoms with Crippen molar-refractivity contribution >= 4 is 21.9 Å². The number of ether oxygens (including phenoxy) is 2. The maximum Gasteiger partial charge on any atom is 0.305 e. The largest absolute Gasteiger partial charge is 0.495 e. The third-order valence-corrected chi connectivity index (χ3v) is 3.78. The van der Waals surface area contributed by atoms with E-state index in [1.807, 2.05) is 19.9 Å². The van der Waals surface area contributed by atoms with E-state index < -0.39 is 12.0 Å². The molecule has 20 heavy (non-hydrogen) atoms. The lowest BCUT2D eigenvalue weighted by Gasteiger charge is -2.21. The van der Waals surface area contributed by atoms with Gasteiger partial charge in [-0.05, 0) is 33.5 Å². The molecule has 0 amide bonds. The molecule has 0 aliphatic rings. The van der Waals surface area contributed by atoms with Gasteiger partial charge in [0.25, 0.3) is 0 Å². The van der Waals surface area contributed by atoms with Gasteiger partial charge in [-0.3, -0.25) is 4.79 Å². The highest BCUT2D eigenvalue weighted by molar-refractivity contribution is 9.10. The van der Waals surface area contributed by atoms with Crippen molar-refractivity contribution in [2.45, 2.75) is 32.2 Å². The normalized spacial score (nSPS) is 12.3.